The summed E-state index contributed by atoms with van der Waals surface area (Å²) in [5.41, 5.74) is 5.35. The van der Waals surface area contributed by atoms with Gasteiger partial charge in [0.1, 0.15) is 0 Å². The molecule has 0 saturated heterocycles. The molecule has 16 heavy (non-hydrogen) atoms. The molecule has 1 nitrogen and oxygen atoms in total. The van der Waals surface area contributed by atoms with Crippen molar-refractivity contribution in [3.8, 4) is 11.8 Å². The molecule has 1 fully saturated rings. The fraction of sp³-hybridized carbons (Fsp3) is 0.538. The highest BCUT2D eigenvalue weighted by Crippen LogP contribution is 2.32. The van der Waals surface area contributed by atoms with Gasteiger partial charge < -0.3 is 5.73 Å². The van der Waals surface area contributed by atoms with Gasteiger partial charge in [0.2, 0.25) is 0 Å². The van der Waals surface area contributed by atoms with Crippen LogP contribution >= 0.6 is 23.1 Å². The van der Waals surface area contributed by atoms with Gasteiger partial charge in [-0.1, -0.05) is 24.7 Å². The van der Waals surface area contributed by atoms with Crippen LogP contribution in [0.5, 0.6) is 0 Å². The lowest BCUT2D eigenvalue weighted by Gasteiger charge is -2.06. The van der Waals surface area contributed by atoms with Gasteiger partial charge in [-0.25, -0.2) is 0 Å². The molecular formula is C13H17NS2. The van der Waals surface area contributed by atoms with Gasteiger partial charge in [-0.05, 0) is 25.0 Å². The average molecular weight is 251 g/mol. The highest BCUT2D eigenvalue weighted by Gasteiger charge is 2.15. The lowest BCUT2D eigenvalue weighted by atomic mass is 10.4. The molecule has 0 amide bonds. The maximum absolute atomic E-state index is 5.35. The summed E-state index contributed by atoms with van der Waals surface area (Å²) < 4.78 is 0. The summed E-state index contributed by atoms with van der Waals surface area (Å²) in [7, 11) is 0. The van der Waals surface area contributed by atoms with E-state index in [1.54, 1.807) is 11.3 Å². The second kappa shape index (κ2) is 6.34. The number of thioether (sulfide) groups is 1. The van der Waals surface area contributed by atoms with E-state index in [-0.39, 0.29) is 0 Å². The second-order valence-corrected chi connectivity index (χ2v) is 6.45. The molecule has 1 aromatic rings. The van der Waals surface area contributed by atoms with Crippen molar-refractivity contribution in [2.24, 2.45) is 5.73 Å². The molecule has 1 aliphatic rings. The Labute approximate surface area is 106 Å². The van der Waals surface area contributed by atoms with Gasteiger partial charge >= 0.3 is 0 Å². The van der Waals surface area contributed by atoms with Crippen LogP contribution in [0, 0.1) is 11.8 Å². The van der Waals surface area contributed by atoms with Gasteiger partial charge in [-0.3, -0.25) is 0 Å². The standard InChI is InChI=1S/C13H17NS2/c14-9-3-6-12-7-8-13(16-12)10-15-11-4-1-2-5-11/h7-8,11H,1-2,4-5,9-10,14H2. The van der Waals surface area contributed by atoms with Gasteiger partial charge in [-0.2, -0.15) is 11.8 Å². The number of hydrogen-bond donors (Lipinski definition) is 1. The molecule has 0 unspecified atom stereocenters. The van der Waals surface area contributed by atoms with Gasteiger partial charge in [0, 0.05) is 15.9 Å². The SMILES string of the molecule is NCC#Cc1ccc(CSC2CCCC2)s1. The summed E-state index contributed by atoms with van der Waals surface area (Å²) in [4.78, 5) is 2.59. The maximum Gasteiger partial charge on any atom is 0.0772 e. The minimum atomic E-state index is 0.448. The molecular weight excluding hydrogens is 234 g/mol. The molecule has 0 radical (unpaired) electrons. The minimum Gasteiger partial charge on any atom is -0.320 e. The molecule has 1 aliphatic carbocycles. The number of thiophene rings is 1. The molecule has 1 aromatic heterocycles. The summed E-state index contributed by atoms with van der Waals surface area (Å²) in [5.74, 6) is 7.14. The van der Waals surface area contributed by atoms with Crippen molar-refractivity contribution in [1.29, 1.82) is 0 Å². The number of hydrogen-bond acceptors (Lipinski definition) is 3. The van der Waals surface area contributed by atoms with Crippen molar-refractivity contribution in [1.82, 2.24) is 0 Å². The van der Waals surface area contributed by atoms with E-state index in [9.17, 15) is 0 Å². The third-order valence-electron chi connectivity index (χ3n) is 2.74. The lowest BCUT2D eigenvalue weighted by Crippen LogP contribution is -1.93. The molecule has 0 aliphatic heterocycles. The lowest BCUT2D eigenvalue weighted by molar-refractivity contribution is 0.886. The van der Waals surface area contributed by atoms with Crippen molar-refractivity contribution in [3.05, 3.63) is 21.9 Å². The first-order chi connectivity index (χ1) is 7.88. The first-order valence-electron chi connectivity index (χ1n) is 5.78. The predicted octanol–water partition coefficient (Wildman–Crippen LogP) is 3.23. The van der Waals surface area contributed by atoms with Crippen molar-refractivity contribution >= 4 is 23.1 Å². The van der Waals surface area contributed by atoms with Crippen LogP contribution in [0.25, 0.3) is 0 Å². The highest BCUT2D eigenvalue weighted by molar-refractivity contribution is 7.99. The smallest absolute Gasteiger partial charge is 0.0772 e. The summed E-state index contributed by atoms with van der Waals surface area (Å²) in [6, 6.07) is 4.31. The van der Waals surface area contributed by atoms with E-state index < -0.39 is 0 Å². The van der Waals surface area contributed by atoms with Crippen LogP contribution in [0.1, 0.15) is 35.4 Å². The number of nitrogens with two attached hydrogens (primary N) is 1. The first kappa shape index (κ1) is 12.0. The Bertz CT molecular complexity index is 380. The molecule has 1 saturated carbocycles. The third-order valence-corrected chi connectivity index (χ3v) is 5.34. The molecule has 2 N–H and O–H groups in total. The van der Waals surface area contributed by atoms with E-state index in [2.05, 4.69) is 35.7 Å². The monoisotopic (exact) mass is 251 g/mol. The zero-order valence-electron chi connectivity index (χ0n) is 9.37. The largest absolute Gasteiger partial charge is 0.320 e. The molecule has 3 heteroatoms. The Hall–Kier alpha value is -0.430. The average Bonchev–Trinajstić information content (AvgIpc) is 2.95. The Morgan fingerprint density at radius 2 is 2.19 bits per heavy atom. The van der Waals surface area contributed by atoms with Crippen molar-refractivity contribution in [2.45, 2.75) is 36.7 Å². The van der Waals surface area contributed by atoms with E-state index >= 15 is 0 Å². The van der Waals surface area contributed by atoms with E-state index in [0.29, 0.717) is 6.54 Å². The Morgan fingerprint density at radius 1 is 1.38 bits per heavy atom. The van der Waals surface area contributed by atoms with Crippen LogP contribution in [-0.4, -0.2) is 11.8 Å². The Morgan fingerprint density at radius 3 is 2.94 bits per heavy atom. The Balaban J connectivity index is 1.82. The fourth-order valence-electron chi connectivity index (χ4n) is 1.92. The first-order valence-corrected chi connectivity index (χ1v) is 7.64. The molecule has 1 heterocycles. The minimum absolute atomic E-state index is 0.448. The van der Waals surface area contributed by atoms with Gasteiger partial charge in [0.15, 0.2) is 0 Å². The molecule has 0 aromatic carbocycles. The summed E-state index contributed by atoms with van der Waals surface area (Å²) in [5, 5.41) is 0.903. The molecule has 2 rings (SSSR count). The molecule has 86 valence electrons. The van der Waals surface area contributed by atoms with Crippen molar-refractivity contribution in [3.63, 3.8) is 0 Å². The normalized spacial score (nSPS) is 16.1. The number of rotatable bonds is 3. The Kier molecular flexibility index (Phi) is 4.77. The van der Waals surface area contributed by atoms with Crippen LogP contribution in [-0.2, 0) is 5.75 Å². The zero-order chi connectivity index (χ0) is 11.2. The maximum atomic E-state index is 5.35. The predicted molar refractivity (Wildman–Crippen MR) is 73.8 cm³/mol. The second-order valence-electron chi connectivity index (χ2n) is 3.99. The van der Waals surface area contributed by atoms with Crippen LogP contribution < -0.4 is 5.73 Å². The van der Waals surface area contributed by atoms with E-state index in [1.807, 2.05) is 0 Å². The summed E-state index contributed by atoms with van der Waals surface area (Å²) in [6.07, 6.45) is 5.68. The molecule has 0 bridgehead atoms. The van der Waals surface area contributed by atoms with E-state index in [1.165, 1.54) is 30.6 Å². The van der Waals surface area contributed by atoms with Crippen LogP contribution in [0.15, 0.2) is 12.1 Å². The van der Waals surface area contributed by atoms with Crippen LogP contribution in [0.4, 0.5) is 0 Å². The van der Waals surface area contributed by atoms with Crippen molar-refractivity contribution in [2.75, 3.05) is 6.54 Å². The molecule has 0 atom stereocenters. The quantitative estimate of drug-likeness (QED) is 0.835. The van der Waals surface area contributed by atoms with Crippen molar-refractivity contribution < 1.29 is 0 Å². The van der Waals surface area contributed by atoms with Gasteiger partial charge in [-0.15, -0.1) is 11.3 Å². The van der Waals surface area contributed by atoms with E-state index in [4.69, 9.17) is 5.73 Å². The summed E-state index contributed by atoms with van der Waals surface area (Å²) >= 11 is 3.92. The molecule has 0 spiro atoms. The van der Waals surface area contributed by atoms with E-state index in [0.717, 1.165) is 15.9 Å². The van der Waals surface area contributed by atoms with Gasteiger partial charge in [0.05, 0.1) is 11.4 Å². The third kappa shape index (κ3) is 3.55. The highest BCUT2D eigenvalue weighted by atomic mass is 32.2. The zero-order valence-corrected chi connectivity index (χ0v) is 11.0. The topological polar surface area (TPSA) is 26.0 Å². The van der Waals surface area contributed by atoms with Gasteiger partial charge in [0.25, 0.3) is 0 Å². The summed E-state index contributed by atoms with van der Waals surface area (Å²) in [6.45, 7) is 0.448. The van der Waals surface area contributed by atoms with Crippen LogP contribution in [0.2, 0.25) is 0 Å². The van der Waals surface area contributed by atoms with Crippen LogP contribution in [0.3, 0.4) is 0 Å². The fourth-order valence-corrected chi connectivity index (χ4v) is 4.20.